The first-order chi connectivity index (χ1) is 10.1. The molecule has 2 rings (SSSR count). The van der Waals surface area contributed by atoms with Gasteiger partial charge in [0, 0.05) is 5.56 Å². The highest BCUT2D eigenvalue weighted by molar-refractivity contribution is 5.41. The molecule has 0 amide bonds. The Hall–Kier alpha value is -1.94. The number of alkyl halides is 2. The van der Waals surface area contributed by atoms with Gasteiger partial charge in [0.05, 0.1) is 0 Å². The van der Waals surface area contributed by atoms with Crippen molar-refractivity contribution < 1.29 is 18.6 Å². The number of hydrogen-bond acceptors (Lipinski definition) is 2. The van der Waals surface area contributed by atoms with Crippen molar-refractivity contribution in [3.05, 3.63) is 65.2 Å². The van der Waals surface area contributed by atoms with Crippen LogP contribution in [-0.2, 0) is 6.42 Å². The molecule has 0 heterocycles. The molecule has 2 nitrogen and oxygen atoms in total. The van der Waals surface area contributed by atoms with Gasteiger partial charge in [-0.05, 0) is 23.6 Å². The Kier molecular flexibility index (Phi) is 5.28. The Bertz CT molecular complexity index is 585. The third-order valence-corrected chi connectivity index (χ3v) is 3.24. The first-order valence-corrected chi connectivity index (χ1v) is 6.92. The van der Waals surface area contributed by atoms with Gasteiger partial charge in [-0.25, -0.2) is 0 Å². The largest absolute Gasteiger partial charge is 0.434 e. The van der Waals surface area contributed by atoms with Gasteiger partial charge >= 0.3 is 6.61 Å². The SMILES string of the molecule is CCCc1cccc(C(O)c2ccccc2OC(F)F)c1. The van der Waals surface area contributed by atoms with Gasteiger partial charge in [0.15, 0.2) is 0 Å². The van der Waals surface area contributed by atoms with E-state index in [2.05, 4.69) is 11.7 Å². The Morgan fingerprint density at radius 3 is 2.57 bits per heavy atom. The summed E-state index contributed by atoms with van der Waals surface area (Å²) < 4.78 is 29.3. The molecule has 0 saturated carbocycles. The van der Waals surface area contributed by atoms with E-state index < -0.39 is 12.7 Å². The number of aliphatic hydroxyl groups is 1. The van der Waals surface area contributed by atoms with Gasteiger partial charge in [0.25, 0.3) is 0 Å². The maximum atomic E-state index is 12.4. The highest BCUT2D eigenvalue weighted by Crippen LogP contribution is 2.31. The van der Waals surface area contributed by atoms with Gasteiger partial charge in [-0.2, -0.15) is 8.78 Å². The highest BCUT2D eigenvalue weighted by atomic mass is 19.3. The lowest BCUT2D eigenvalue weighted by Gasteiger charge is -2.16. The molecule has 0 bridgehead atoms. The minimum absolute atomic E-state index is 0.000828. The number of hydrogen-bond donors (Lipinski definition) is 1. The van der Waals surface area contributed by atoms with Crippen LogP contribution >= 0.6 is 0 Å². The molecule has 21 heavy (non-hydrogen) atoms. The van der Waals surface area contributed by atoms with Crippen molar-refractivity contribution in [1.82, 2.24) is 0 Å². The summed E-state index contributed by atoms with van der Waals surface area (Å²) in [7, 11) is 0. The summed E-state index contributed by atoms with van der Waals surface area (Å²) in [6.07, 6.45) is 0.928. The molecule has 0 aliphatic rings. The normalized spacial score (nSPS) is 12.4. The molecule has 1 N–H and O–H groups in total. The van der Waals surface area contributed by atoms with Crippen LogP contribution in [0.15, 0.2) is 48.5 Å². The zero-order valence-corrected chi connectivity index (χ0v) is 11.8. The molecule has 0 aliphatic heterocycles. The Morgan fingerprint density at radius 2 is 1.86 bits per heavy atom. The van der Waals surface area contributed by atoms with Crippen LogP contribution in [0.2, 0.25) is 0 Å². The number of aryl methyl sites for hydroxylation is 1. The van der Waals surface area contributed by atoms with E-state index in [-0.39, 0.29) is 5.75 Å². The van der Waals surface area contributed by atoms with Crippen LogP contribution in [0.1, 0.15) is 36.1 Å². The monoisotopic (exact) mass is 292 g/mol. The fourth-order valence-corrected chi connectivity index (χ4v) is 2.30. The zero-order valence-electron chi connectivity index (χ0n) is 11.8. The van der Waals surface area contributed by atoms with Crippen LogP contribution in [0.25, 0.3) is 0 Å². The molecule has 0 aliphatic carbocycles. The van der Waals surface area contributed by atoms with Crippen LogP contribution in [0.3, 0.4) is 0 Å². The number of halogens is 2. The van der Waals surface area contributed by atoms with Crippen molar-refractivity contribution in [2.45, 2.75) is 32.5 Å². The fourth-order valence-electron chi connectivity index (χ4n) is 2.30. The van der Waals surface area contributed by atoms with Gasteiger partial charge in [0.2, 0.25) is 0 Å². The molecule has 0 fully saturated rings. The van der Waals surface area contributed by atoms with Crippen LogP contribution in [-0.4, -0.2) is 11.7 Å². The predicted octanol–water partition coefficient (Wildman–Crippen LogP) is 4.32. The Labute approximate surface area is 123 Å². The third kappa shape index (κ3) is 4.02. The van der Waals surface area contributed by atoms with Crippen molar-refractivity contribution >= 4 is 0 Å². The first kappa shape index (κ1) is 15.4. The number of para-hydroxylation sites is 1. The van der Waals surface area contributed by atoms with E-state index in [0.29, 0.717) is 11.1 Å². The van der Waals surface area contributed by atoms with Gasteiger partial charge in [-0.15, -0.1) is 0 Å². The average molecular weight is 292 g/mol. The molecule has 4 heteroatoms. The summed E-state index contributed by atoms with van der Waals surface area (Å²) in [6.45, 7) is -0.834. The highest BCUT2D eigenvalue weighted by Gasteiger charge is 2.17. The van der Waals surface area contributed by atoms with E-state index >= 15 is 0 Å². The number of rotatable bonds is 6. The lowest BCUT2D eigenvalue weighted by molar-refractivity contribution is -0.0512. The van der Waals surface area contributed by atoms with E-state index in [0.717, 1.165) is 18.4 Å². The van der Waals surface area contributed by atoms with E-state index in [9.17, 15) is 13.9 Å². The van der Waals surface area contributed by atoms with Crippen molar-refractivity contribution in [3.8, 4) is 5.75 Å². The number of benzene rings is 2. The third-order valence-electron chi connectivity index (χ3n) is 3.24. The van der Waals surface area contributed by atoms with Crippen LogP contribution in [0.4, 0.5) is 8.78 Å². The second-order valence-electron chi connectivity index (χ2n) is 4.81. The molecule has 0 saturated heterocycles. The molecule has 2 aromatic carbocycles. The van der Waals surface area contributed by atoms with Gasteiger partial charge in [-0.1, -0.05) is 55.8 Å². The summed E-state index contributed by atoms with van der Waals surface area (Å²) in [5, 5.41) is 10.5. The second-order valence-corrected chi connectivity index (χ2v) is 4.81. The quantitative estimate of drug-likeness (QED) is 0.859. The Morgan fingerprint density at radius 1 is 1.10 bits per heavy atom. The van der Waals surface area contributed by atoms with Crippen molar-refractivity contribution in [3.63, 3.8) is 0 Å². The molecule has 0 radical (unpaired) electrons. The predicted molar refractivity (Wildman–Crippen MR) is 77.6 cm³/mol. The molecule has 1 atom stereocenters. The molecular formula is C17H18F2O2. The summed E-state index contributed by atoms with van der Waals surface area (Å²) in [5.41, 5.74) is 2.12. The topological polar surface area (TPSA) is 29.5 Å². The minimum Gasteiger partial charge on any atom is -0.434 e. The maximum absolute atomic E-state index is 12.4. The Balaban J connectivity index is 2.31. The minimum atomic E-state index is -2.91. The van der Waals surface area contributed by atoms with Gasteiger partial charge < -0.3 is 9.84 Å². The molecule has 112 valence electrons. The smallest absolute Gasteiger partial charge is 0.387 e. The van der Waals surface area contributed by atoms with Crippen LogP contribution < -0.4 is 4.74 Å². The lowest BCUT2D eigenvalue weighted by atomic mass is 9.98. The standard InChI is InChI=1S/C17H18F2O2/c1-2-6-12-7-5-8-13(11-12)16(20)14-9-3-4-10-15(14)21-17(18)19/h3-5,7-11,16-17,20H,2,6H2,1H3. The van der Waals surface area contributed by atoms with Gasteiger partial charge in [0.1, 0.15) is 11.9 Å². The number of aliphatic hydroxyl groups excluding tert-OH is 1. The lowest BCUT2D eigenvalue weighted by Crippen LogP contribution is -2.08. The summed E-state index contributed by atoms with van der Waals surface area (Å²) >= 11 is 0. The number of ether oxygens (including phenoxy) is 1. The van der Waals surface area contributed by atoms with E-state index in [1.165, 1.54) is 6.07 Å². The zero-order chi connectivity index (χ0) is 15.2. The molecule has 0 aromatic heterocycles. The summed E-state index contributed by atoms with van der Waals surface area (Å²) in [6, 6.07) is 13.8. The van der Waals surface area contributed by atoms with E-state index in [1.807, 2.05) is 18.2 Å². The molecule has 0 spiro atoms. The first-order valence-electron chi connectivity index (χ1n) is 6.92. The van der Waals surface area contributed by atoms with Gasteiger partial charge in [-0.3, -0.25) is 0 Å². The van der Waals surface area contributed by atoms with Crippen molar-refractivity contribution in [2.75, 3.05) is 0 Å². The summed E-state index contributed by atoms with van der Waals surface area (Å²) in [4.78, 5) is 0. The molecule has 2 aromatic rings. The summed E-state index contributed by atoms with van der Waals surface area (Å²) in [5.74, 6) is 0.000828. The van der Waals surface area contributed by atoms with E-state index in [1.54, 1.807) is 24.3 Å². The van der Waals surface area contributed by atoms with Crippen molar-refractivity contribution in [1.29, 1.82) is 0 Å². The van der Waals surface area contributed by atoms with Crippen LogP contribution in [0.5, 0.6) is 5.75 Å². The van der Waals surface area contributed by atoms with Crippen LogP contribution in [0, 0.1) is 0 Å². The maximum Gasteiger partial charge on any atom is 0.387 e. The van der Waals surface area contributed by atoms with Crippen molar-refractivity contribution in [2.24, 2.45) is 0 Å². The molecule has 1 unspecified atom stereocenters. The van der Waals surface area contributed by atoms with E-state index in [4.69, 9.17) is 0 Å². The fraction of sp³-hybridized carbons (Fsp3) is 0.294. The average Bonchev–Trinajstić information content (AvgIpc) is 2.47. The second kappa shape index (κ2) is 7.18. The molecular weight excluding hydrogens is 274 g/mol.